The van der Waals surface area contributed by atoms with Crippen LogP contribution in [-0.4, -0.2) is 23.8 Å². The van der Waals surface area contributed by atoms with Crippen LogP contribution in [0.15, 0.2) is 41.4 Å². The Kier molecular flexibility index (Phi) is 5.05. The number of carbonyl (C=O) groups is 1. The van der Waals surface area contributed by atoms with Gasteiger partial charge >= 0.3 is 5.97 Å². The van der Waals surface area contributed by atoms with E-state index in [1.165, 1.54) is 6.20 Å². The standard InChI is InChI=1S/C15H17N3O2S/c1-3-20-15(19)10-8-9-17-14(13(10)16)18-11-6-4-5-7-12(11)21-2/h4-9H,3,16H2,1-2H3,(H,17,18). The highest BCUT2D eigenvalue weighted by molar-refractivity contribution is 7.98. The number of aromatic nitrogens is 1. The molecule has 0 aliphatic rings. The van der Waals surface area contributed by atoms with Crippen LogP contribution in [0.2, 0.25) is 0 Å². The van der Waals surface area contributed by atoms with Crippen LogP contribution in [0.4, 0.5) is 17.2 Å². The fourth-order valence-electron chi connectivity index (χ4n) is 1.84. The smallest absolute Gasteiger partial charge is 0.340 e. The molecule has 2 aromatic rings. The molecule has 3 N–H and O–H groups in total. The monoisotopic (exact) mass is 303 g/mol. The zero-order chi connectivity index (χ0) is 15.2. The van der Waals surface area contributed by atoms with Gasteiger partial charge in [0.05, 0.1) is 23.5 Å². The van der Waals surface area contributed by atoms with E-state index in [9.17, 15) is 4.79 Å². The molecule has 0 atom stereocenters. The van der Waals surface area contributed by atoms with Gasteiger partial charge in [0.1, 0.15) is 0 Å². The van der Waals surface area contributed by atoms with Crippen LogP contribution >= 0.6 is 11.8 Å². The summed E-state index contributed by atoms with van der Waals surface area (Å²) >= 11 is 1.62. The third-order valence-electron chi connectivity index (χ3n) is 2.85. The Bertz CT molecular complexity index is 647. The second kappa shape index (κ2) is 6.99. The van der Waals surface area contributed by atoms with Crippen molar-refractivity contribution in [2.24, 2.45) is 0 Å². The van der Waals surface area contributed by atoms with Crippen LogP contribution in [0.5, 0.6) is 0 Å². The van der Waals surface area contributed by atoms with Crippen LogP contribution in [-0.2, 0) is 4.74 Å². The summed E-state index contributed by atoms with van der Waals surface area (Å²) < 4.78 is 4.98. The van der Waals surface area contributed by atoms with Crippen molar-refractivity contribution in [2.45, 2.75) is 11.8 Å². The van der Waals surface area contributed by atoms with Gasteiger partial charge in [0, 0.05) is 11.1 Å². The largest absolute Gasteiger partial charge is 0.462 e. The predicted molar refractivity (Wildman–Crippen MR) is 86.1 cm³/mol. The van der Waals surface area contributed by atoms with Crippen molar-refractivity contribution in [3.8, 4) is 0 Å². The highest BCUT2D eigenvalue weighted by Gasteiger charge is 2.15. The number of anilines is 3. The summed E-state index contributed by atoms with van der Waals surface area (Å²) in [5.74, 6) is 0.000606. The van der Waals surface area contributed by atoms with Gasteiger partial charge in [-0.25, -0.2) is 9.78 Å². The molecule has 0 fully saturated rings. The van der Waals surface area contributed by atoms with Crippen molar-refractivity contribution in [1.29, 1.82) is 0 Å². The van der Waals surface area contributed by atoms with E-state index >= 15 is 0 Å². The molecule has 0 bridgehead atoms. The van der Waals surface area contributed by atoms with Gasteiger partial charge in [0.15, 0.2) is 5.82 Å². The van der Waals surface area contributed by atoms with Gasteiger partial charge in [-0.2, -0.15) is 0 Å². The molecule has 1 heterocycles. The Morgan fingerprint density at radius 2 is 2.14 bits per heavy atom. The molecule has 0 radical (unpaired) electrons. The van der Waals surface area contributed by atoms with Crippen molar-refractivity contribution in [2.75, 3.05) is 23.9 Å². The van der Waals surface area contributed by atoms with Crippen molar-refractivity contribution >= 4 is 34.9 Å². The van der Waals surface area contributed by atoms with Crippen molar-refractivity contribution in [3.63, 3.8) is 0 Å². The van der Waals surface area contributed by atoms with Crippen LogP contribution < -0.4 is 11.1 Å². The van der Waals surface area contributed by atoms with Gasteiger partial charge < -0.3 is 15.8 Å². The molecule has 0 unspecified atom stereocenters. The summed E-state index contributed by atoms with van der Waals surface area (Å²) in [6.45, 7) is 2.06. The molecule has 0 saturated heterocycles. The number of hydrogen-bond donors (Lipinski definition) is 2. The van der Waals surface area contributed by atoms with E-state index in [0.717, 1.165) is 10.6 Å². The molecular formula is C15H17N3O2S. The second-order valence-corrected chi connectivity index (χ2v) is 5.01. The maximum atomic E-state index is 11.8. The lowest BCUT2D eigenvalue weighted by Crippen LogP contribution is -2.10. The van der Waals surface area contributed by atoms with E-state index in [0.29, 0.717) is 18.0 Å². The first-order valence-corrected chi connectivity index (χ1v) is 7.71. The van der Waals surface area contributed by atoms with Crippen LogP contribution in [0, 0.1) is 0 Å². The lowest BCUT2D eigenvalue weighted by Gasteiger charge is -2.13. The molecule has 110 valence electrons. The Morgan fingerprint density at radius 1 is 1.38 bits per heavy atom. The molecule has 0 saturated carbocycles. The number of benzene rings is 1. The Labute approximate surface area is 127 Å². The van der Waals surface area contributed by atoms with Gasteiger partial charge in [0.25, 0.3) is 0 Å². The molecular weight excluding hydrogens is 286 g/mol. The number of carbonyl (C=O) groups excluding carboxylic acids is 1. The number of pyridine rings is 1. The lowest BCUT2D eigenvalue weighted by atomic mass is 10.2. The molecule has 0 spiro atoms. The number of nitrogens with zero attached hydrogens (tertiary/aromatic N) is 1. The summed E-state index contributed by atoms with van der Waals surface area (Å²) in [6.07, 6.45) is 3.53. The maximum Gasteiger partial charge on any atom is 0.340 e. The molecule has 1 aromatic heterocycles. The highest BCUT2D eigenvalue weighted by atomic mass is 32.2. The van der Waals surface area contributed by atoms with Gasteiger partial charge in [-0.15, -0.1) is 11.8 Å². The zero-order valence-electron chi connectivity index (χ0n) is 11.9. The van der Waals surface area contributed by atoms with E-state index in [1.54, 1.807) is 24.8 Å². The number of esters is 1. The number of nitrogen functional groups attached to an aromatic ring is 1. The van der Waals surface area contributed by atoms with E-state index < -0.39 is 5.97 Å². The molecule has 2 rings (SSSR count). The molecule has 21 heavy (non-hydrogen) atoms. The average molecular weight is 303 g/mol. The molecule has 1 aromatic carbocycles. The predicted octanol–water partition coefficient (Wildman–Crippen LogP) is 3.31. The number of hydrogen-bond acceptors (Lipinski definition) is 6. The van der Waals surface area contributed by atoms with Gasteiger partial charge in [-0.1, -0.05) is 12.1 Å². The summed E-state index contributed by atoms with van der Waals surface area (Å²) in [4.78, 5) is 17.1. The number of ether oxygens (including phenoxy) is 1. The number of para-hydroxylation sites is 1. The highest BCUT2D eigenvalue weighted by Crippen LogP contribution is 2.30. The zero-order valence-corrected chi connectivity index (χ0v) is 12.7. The van der Waals surface area contributed by atoms with E-state index in [-0.39, 0.29) is 5.69 Å². The molecule has 5 nitrogen and oxygen atoms in total. The molecule has 6 heteroatoms. The number of thioether (sulfide) groups is 1. The first-order chi connectivity index (χ1) is 10.2. The van der Waals surface area contributed by atoms with E-state index in [2.05, 4.69) is 10.3 Å². The number of rotatable bonds is 5. The Balaban J connectivity index is 2.33. The van der Waals surface area contributed by atoms with Crippen molar-refractivity contribution < 1.29 is 9.53 Å². The summed E-state index contributed by atoms with van der Waals surface area (Å²) in [7, 11) is 0. The third-order valence-corrected chi connectivity index (χ3v) is 3.64. The average Bonchev–Trinajstić information content (AvgIpc) is 2.50. The van der Waals surface area contributed by atoms with Crippen LogP contribution in [0.25, 0.3) is 0 Å². The van der Waals surface area contributed by atoms with Crippen LogP contribution in [0.3, 0.4) is 0 Å². The Hall–Kier alpha value is -2.21. The summed E-state index contributed by atoms with van der Waals surface area (Å²) in [5, 5.41) is 3.16. The minimum absolute atomic E-state index is 0.284. The molecule has 0 aliphatic carbocycles. The summed E-state index contributed by atoms with van der Waals surface area (Å²) in [6, 6.07) is 9.37. The fraction of sp³-hybridized carbons (Fsp3) is 0.200. The lowest BCUT2D eigenvalue weighted by molar-refractivity contribution is 0.0527. The quantitative estimate of drug-likeness (QED) is 0.652. The normalized spacial score (nSPS) is 10.2. The Morgan fingerprint density at radius 3 is 2.86 bits per heavy atom. The summed E-state index contributed by atoms with van der Waals surface area (Å²) in [5.41, 5.74) is 7.51. The van der Waals surface area contributed by atoms with Gasteiger partial charge in [-0.05, 0) is 31.4 Å². The van der Waals surface area contributed by atoms with Crippen molar-refractivity contribution in [1.82, 2.24) is 4.98 Å². The number of nitrogens with two attached hydrogens (primary N) is 1. The maximum absolute atomic E-state index is 11.8. The second-order valence-electron chi connectivity index (χ2n) is 4.17. The third kappa shape index (κ3) is 3.46. The van der Waals surface area contributed by atoms with Gasteiger partial charge in [0.2, 0.25) is 0 Å². The van der Waals surface area contributed by atoms with Crippen LogP contribution in [0.1, 0.15) is 17.3 Å². The van der Waals surface area contributed by atoms with E-state index in [4.69, 9.17) is 10.5 Å². The fourth-order valence-corrected chi connectivity index (χ4v) is 2.39. The first kappa shape index (κ1) is 15.2. The minimum Gasteiger partial charge on any atom is -0.462 e. The first-order valence-electron chi connectivity index (χ1n) is 6.49. The van der Waals surface area contributed by atoms with Gasteiger partial charge in [-0.3, -0.25) is 0 Å². The van der Waals surface area contributed by atoms with E-state index in [1.807, 2.05) is 30.5 Å². The SMILES string of the molecule is CCOC(=O)c1ccnc(Nc2ccccc2SC)c1N. The minimum atomic E-state index is -0.446. The molecule has 0 aliphatic heterocycles. The number of nitrogens with one attached hydrogen (secondary N) is 1. The molecule has 0 amide bonds. The van der Waals surface area contributed by atoms with Crippen molar-refractivity contribution in [3.05, 3.63) is 42.1 Å². The topological polar surface area (TPSA) is 77.2 Å².